The third-order valence-corrected chi connectivity index (χ3v) is 3.35. The molecule has 0 amide bonds. The van der Waals surface area contributed by atoms with Crippen molar-refractivity contribution in [1.82, 2.24) is 0 Å². The Kier molecular flexibility index (Phi) is 2.40. The van der Waals surface area contributed by atoms with E-state index in [0.29, 0.717) is 5.56 Å². The standard InChI is InChI=1S/C11H7NO2S/c12-6-5-8-7-3-1-2-4-9(7)15-10(8)11(13)14/h1-4H,5H2,(H,13,14). The molecule has 0 fully saturated rings. The average molecular weight is 217 g/mol. The molecular weight excluding hydrogens is 210 g/mol. The number of carboxylic acid groups (broad SMARTS) is 1. The predicted molar refractivity (Wildman–Crippen MR) is 58.1 cm³/mol. The number of rotatable bonds is 2. The molecule has 74 valence electrons. The first-order chi connectivity index (χ1) is 7.24. The van der Waals surface area contributed by atoms with Crippen molar-refractivity contribution in [1.29, 1.82) is 5.26 Å². The quantitative estimate of drug-likeness (QED) is 0.841. The summed E-state index contributed by atoms with van der Waals surface area (Å²) in [7, 11) is 0. The molecule has 15 heavy (non-hydrogen) atoms. The van der Waals surface area contributed by atoms with E-state index < -0.39 is 5.97 Å². The largest absolute Gasteiger partial charge is 0.477 e. The lowest BCUT2D eigenvalue weighted by Gasteiger charge is -1.93. The minimum Gasteiger partial charge on any atom is -0.477 e. The average Bonchev–Trinajstić information content (AvgIpc) is 2.58. The van der Waals surface area contributed by atoms with Crippen LogP contribution < -0.4 is 0 Å². The number of carbonyl (C=O) groups is 1. The van der Waals surface area contributed by atoms with E-state index in [1.807, 2.05) is 30.3 Å². The van der Waals surface area contributed by atoms with Gasteiger partial charge in [-0.1, -0.05) is 18.2 Å². The number of benzene rings is 1. The van der Waals surface area contributed by atoms with E-state index in [1.54, 1.807) is 0 Å². The van der Waals surface area contributed by atoms with Crippen LogP contribution in [0.15, 0.2) is 24.3 Å². The van der Waals surface area contributed by atoms with Crippen LogP contribution in [0, 0.1) is 11.3 Å². The molecule has 1 aromatic heterocycles. The Morgan fingerprint density at radius 3 is 2.87 bits per heavy atom. The molecule has 2 aromatic rings. The van der Waals surface area contributed by atoms with E-state index in [9.17, 15) is 4.79 Å². The van der Waals surface area contributed by atoms with E-state index in [0.717, 1.165) is 10.1 Å². The Balaban J connectivity index is 2.75. The number of carboxylic acids is 1. The first-order valence-corrected chi connectivity index (χ1v) is 5.16. The molecule has 0 spiro atoms. The molecular formula is C11H7NO2S. The molecule has 1 heterocycles. The molecule has 0 unspecified atom stereocenters. The van der Waals surface area contributed by atoms with Gasteiger partial charge in [0, 0.05) is 4.70 Å². The van der Waals surface area contributed by atoms with Gasteiger partial charge in [-0.05, 0) is 17.0 Å². The summed E-state index contributed by atoms with van der Waals surface area (Å²) < 4.78 is 0.917. The smallest absolute Gasteiger partial charge is 0.346 e. The first-order valence-electron chi connectivity index (χ1n) is 4.34. The maximum absolute atomic E-state index is 11.0. The maximum atomic E-state index is 11.0. The summed E-state index contributed by atoms with van der Waals surface area (Å²) in [5.74, 6) is -0.957. The van der Waals surface area contributed by atoms with Crippen molar-refractivity contribution in [3.63, 3.8) is 0 Å². The van der Waals surface area contributed by atoms with Gasteiger partial charge in [0.25, 0.3) is 0 Å². The highest BCUT2D eigenvalue weighted by Gasteiger charge is 2.16. The zero-order valence-corrected chi connectivity index (χ0v) is 8.54. The number of hydrogen-bond acceptors (Lipinski definition) is 3. The molecule has 3 nitrogen and oxygen atoms in total. The second-order valence-corrected chi connectivity index (χ2v) is 4.10. The van der Waals surface area contributed by atoms with Crippen LogP contribution in [0.1, 0.15) is 15.2 Å². The lowest BCUT2D eigenvalue weighted by Crippen LogP contribution is -1.96. The van der Waals surface area contributed by atoms with Crippen molar-refractivity contribution >= 4 is 27.4 Å². The zero-order chi connectivity index (χ0) is 10.8. The van der Waals surface area contributed by atoms with Crippen LogP contribution in [0.2, 0.25) is 0 Å². The van der Waals surface area contributed by atoms with Crippen molar-refractivity contribution in [2.24, 2.45) is 0 Å². The number of fused-ring (bicyclic) bond motifs is 1. The van der Waals surface area contributed by atoms with Gasteiger partial charge in [0.1, 0.15) is 4.88 Å². The molecule has 2 rings (SSSR count). The van der Waals surface area contributed by atoms with E-state index in [1.165, 1.54) is 11.3 Å². The van der Waals surface area contributed by atoms with Gasteiger partial charge in [-0.15, -0.1) is 11.3 Å². The lowest BCUT2D eigenvalue weighted by molar-refractivity contribution is 0.0701. The normalized spacial score (nSPS) is 10.1. The fraction of sp³-hybridized carbons (Fsp3) is 0.0909. The number of nitrogens with zero attached hydrogens (tertiary/aromatic N) is 1. The summed E-state index contributed by atoms with van der Waals surface area (Å²) in [6.45, 7) is 0. The van der Waals surface area contributed by atoms with E-state index in [-0.39, 0.29) is 11.3 Å². The highest BCUT2D eigenvalue weighted by atomic mass is 32.1. The van der Waals surface area contributed by atoms with Crippen LogP contribution in [-0.4, -0.2) is 11.1 Å². The van der Waals surface area contributed by atoms with Crippen LogP contribution in [0.25, 0.3) is 10.1 Å². The van der Waals surface area contributed by atoms with Crippen molar-refractivity contribution in [2.75, 3.05) is 0 Å². The fourth-order valence-electron chi connectivity index (χ4n) is 1.53. The Morgan fingerprint density at radius 2 is 2.20 bits per heavy atom. The molecule has 0 saturated carbocycles. The molecule has 0 saturated heterocycles. The van der Waals surface area contributed by atoms with Crippen LogP contribution in [0.3, 0.4) is 0 Å². The summed E-state index contributed by atoms with van der Waals surface area (Å²) >= 11 is 1.22. The predicted octanol–water partition coefficient (Wildman–Crippen LogP) is 2.67. The van der Waals surface area contributed by atoms with Gasteiger partial charge in [-0.25, -0.2) is 4.79 Å². The van der Waals surface area contributed by atoms with Gasteiger partial charge in [-0.3, -0.25) is 0 Å². The van der Waals surface area contributed by atoms with Gasteiger partial charge >= 0.3 is 5.97 Å². The molecule has 4 heteroatoms. The van der Waals surface area contributed by atoms with Crippen molar-refractivity contribution in [3.8, 4) is 6.07 Å². The van der Waals surface area contributed by atoms with Gasteiger partial charge < -0.3 is 5.11 Å². The third-order valence-electron chi connectivity index (χ3n) is 2.15. The summed E-state index contributed by atoms with van der Waals surface area (Å²) in [6, 6.07) is 9.43. The zero-order valence-electron chi connectivity index (χ0n) is 7.73. The summed E-state index contributed by atoms with van der Waals surface area (Å²) in [6.07, 6.45) is 0.144. The first kappa shape index (κ1) is 9.69. The molecule has 0 bridgehead atoms. The summed E-state index contributed by atoms with van der Waals surface area (Å²) in [4.78, 5) is 11.2. The Bertz CT molecular complexity index is 565. The van der Waals surface area contributed by atoms with Gasteiger partial charge in [0.05, 0.1) is 12.5 Å². The van der Waals surface area contributed by atoms with Gasteiger partial charge in [0.15, 0.2) is 0 Å². The second-order valence-electron chi connectivity index (χ2n) is 3.05. The summed E-state index contributed by atoms with van der Waals surface area (Å²) in [5, 5.41) is 18.5. The van der Waals surface area contributed by atoms with E-state index in [4.69, 9.17) is 10.4 Å². The molecule has 1 aromatic carbocycles. The van der Waals surface area contributed by atoms with Crippen LogP contribution in [-0.2, 0) is 6.42 Å². The monoisotopic (exact) mass is 217 g/mol. The minimum absolute atomic E-state index is 0.144. The van der Waals surface area contributed by atoms with E-state index >= 15 is 0 Å². The van der Waals surface area contributed by atoms with Gasteiger partial charge in [0.2, 0.25) is 0 Å². The molecule has 0 aliphatic rings. The van der Waals surface area contributed by atoms with Gasteiger partial charge in [-0.2, -0.15) is 5.26 Å². The number of thiophene rings is 1. The molecule has 0 aliphatic heterocycles. The second kappa shape index (κ2) is 3.71. The Labute approximate surface area is 90.2 Å². The third kappa shape index (κ3) is 1.58. The highest BCUT2D eigenvalue weighted by Crippen LogP contribution is 2.31. The van der Waals surface area contributed by atoms with Crippen LogP contribution in [0.5, 0.6) is 0 Å². The van der Waals surface area contributed by atoms with E-state index in [2.05, 4.69) is 0 Å². The van der Waals surface area contributed by atoms with Crippen LogP contribution >= 0.6 is 11.3 Å². The number of aromatic carboxylic acids is 1. The topological polar surface area (TPSA) is 61.1 Å². The lowest BCUT2D eigenvalue weighted by atomic mass is 10.1. The maximum Gasteiger partial charge on any atom is 0.346 e. The Morgan fingerprint density at radius 1 is 1.47 bits per heavy atom. The molecule has 1 N–H and O–H groups in total. The van der Waals surface area contributed by atoms with Crippen LogP contribution in [0.4, 0.5) is 0 Å². The molecule has 0 atom stereocenters. The highest BCUT2D eigenvalue weighted by molar-refractivity contribution is 7.21. The van der Waals surface area contributed by atoms with Crippen molar-refractivity contribution < 1.29 is 9.90 Å². The SMILES string of the molecule is N#CCc1c(C(=O)O)sc2ccccc12. The minimum atomic E-state index is -0.957. The Hall–Kier alpha value is -1.86. The fourth-order valence-corrected chi connectivity index (χ4v) is 2.59. The van der Waals surface area contributed by atoms with Crippen molar-refractivity contribution in [3.05, 3.63) is 34.7 Å². The van der Waals surface area contributed by atoms with Crippen molar-refractivity contribution in [2.45, 2.75) is 6.42 Å². The molecule has 0 radical (unpaired) electrons. The number of nitriles is 1. The molecule has 0 aliphatic carbocycles. The number of hydrogen-bond donors (Lipinski definition) is 1. The summed E-state index contributed by atoms with van der Waals surface area (Å²) in [5.41, 5.74) is 0.630.